The minimum absolute atomic E-state index is 0.433. The third kappa shape index (κ3) is 2.80. The smallest absolute Gasteiger partial charge is 0.243 e. The van der Waals surface area contributed by atoms with Gasteiger partial charge in [-0.1, -0.05) is 0 Å². The maximum absolute atomic E-state index is 12.8. The number of hydrogen-bond donors (Lipinski definition) is 1. The third-order valence-corrected chi connectivity index (χ3v) is 6.32. The van der Waals surface area contributed by atoms with E-state index in [9.17, 15) is 8.42 Å². The van der Waals surface area contributed by atoms with E-state index in [1.807, 2.05) is 12.1 Å². The van der Waals surface area contributed by atoms with E-state index < -0.39 is 10.0 Å². The van der Waals surface area contributed by atoms with Crippen LogP contribution >= 0.6 is 0 Å². The van der Waals surface area contributed by atoms with Crippen LogP contribution in [-0.2, 0) is 16.4 Å². The van der Waals surface area contributed by atoms with Crippen LogP contribution in [0.15, 0.2) is 23.1 Å². The molecule has 1 fully saturated rings. The molecular weight excluding hydrogens is 286 g/mol. The fourth-order valence-corrected chi connectivity index (χ4v) is 4.52. The van der Waals surface area contributed by atoms with Crippen LogP contribution in [0.25, 0.3) is 0 Å². The Morgan fingerprint density at radius 2 is 1.86 bits per heavy atom. The molecule has 2 heterocycles. The van der Waals surface area contributed by atoms with Gasteiger partial charge in [-0.25, -0.2) is 8.42 Å². The first-order valence-corrected chi connectivity index (χ1v) is 9.03. The summed E-state index contributed by atoms with van der Waals surface area (Å²) in [6.07, 6.45) is 0.903. The number of hydrogen-bond acceptors (Lipinski definition) is 4. The van der Waals surface area contributed by atoms with Crippen molar-refractivity contribution >= 4 is 15.7 Å². The van der Waals surface area contributed by atoms with Crippen LogP contribution in [0.1, 0.15) is 19.4 Å². The zero-order valence-corrected chi connectivity index (χ0v) is 13.5. The first kappa shape index (κ1) is 14.8. The van der Waals surface area contributed by atoms with Crippen molar-refractivity contribution in [2.45, 2.75) is 31.2 Å². The molecule has 6 heteroatoms. The summed E-state index contributed by atoms with van der Waals surface area (Å²) in [5.41, 5.74) is 2.18. The molecule has 0 unspecified atom stereocenters. The van der Waals surface area contributed by atoms with Gasteiger partial charge in [-0.15, -0.1) is 0 Å². The third-order valence-electron chi connectivity index (χ3n) is 4.43. The number of sulfonamides is 1. The van der Waals surface area contributed by atoms with Crippen molar-refractivity contribution in [3.63, 3.8) is 0 Å². The lowest BCUT2D eigenvalue weighted by Gasteiger charge is -2.36. The van der Waals surface area contributed by atoms with Crippen LogP contribution in [-0.4, -0.2) is 56.4 Å². The van der Waals surface area contributed by atoms with Crippen LogP contribution in [0.5, 0.6) is 0 Å². The Morgan fingerprint density at radius 3 is 2.52 bits per heavy atom. The van der Waals surface area contributed by atoms with E-state index in [4.69, 9.17) is 0 Å². The van der Waals surface area contributed by atoms with E-state index in [0.717, 1.165) is 37.3 Å². The Bertz CT molecular complexity index is 620. The first-order valence-electron chi connectivity index (χ1n) is 7.59. The van der Waals surface area contributed by atoms with Gasteiger partial charge in [0.1, 0.15) is 0 Å². The van der Waals surface area contributed by atoms with Crippen molar-refractivity contribution in [2.24, 2.45) is 0 Å². The van der Waals surface area contributed by atoms with Gasteiger partial charge in [0.2, 0.25) is 10.0 Å². The normalized spacial score (nSPS) is 20.5. The number of fused-ring (bicyclic) bond motifs is 1. The van der Waals surface area contributed by atoms with Crippen LogP contribution in [0.4, 0.5) is 5.69 Å². The monoisotopic (exact) mass is 309 g/mol. The Kier molecular flexibility index (Phi) is 3.94. The highest BCUT2D eigenvalue weighted by molar-refractivity contribution is 7.89. The zero-order chi connectivity index (χ0) is 15.0. The molecule has 0 atom stereocenters. The van der Waals surface area contributed by atoms with Crippen LogP contribution in [0.2, 0.25) is 0 Å². The van der Waals surface area contributed by atoms with Gasteiger partial charge in [-0.2, -0.15) is 4.31 Å². The molecule has 0 saturated carbocycles. The predicted molar refractivity (Wildman–Crippen MR) is 84.1 cm³/mol. The average molecular weight is 309 g/mol. The SMILES string of the molecule is CC(C)N1CCN(S(=O)(=O)c2ccc3c(c2)CCN3)CC1. The molecule has 1 saturated heterocycles. The van der Waals surface area contributed by atoms with Crippen molar-refractivity contribution in [3.05, 3.63) is 23.8 Å². The Hall–Kier alpha value is -1.11. The molecule has 0 radical (unpaired) electrons. The number of nitrogens with zero attached hydrogens (tertiary/aromatic N) is 2. The molecule has 0 spiro atoms. The van der Waals surface area contributed by atoms with E-state index in [2.05, 4.69) is 24.1 Å². The first-order chi connectivity index (χ1) is 9.98. The summed E-state index contributed by atoms with van der Waals surface area (Å²) in [6, 6.07) is 5.92. The summed E-state index contributed by atoms with van der Waals surface area (Å²) in [7, 11) is -3.35. The molecule has 2 aliphatic heterocycles. The lowest BCUT2D eigenvalue weighted by molar-refractivity contribution is 0.154. The highest BCUT2D eigenvalue weighted by atomic mass is 32.2. The molecule has 0 aromatic heterocycles. The number of benzene rings is 1. The fraction of sp³-hybridized carbons (Fsp3) is 0.600. The zero-order valence-electron chi connectivity index (χ0n) is 12.7. The second-order valence-electron chi connectivity index (χ2n) is 6.03. The minimum Gasteiger partial charge on any atom is -0.384 e. The van der Waals surface area contributed by atoms with Crippen molar-refractivity contribution in [1.82, 2.24) is 9.21 Å². The second kappa shape index (κ2) is 5.59. The number of piperazine rings is 1. The molecule has 21 heavy (non-hydrogen) atoms. The topological polar surface area (TPSA) is 52.7 Å². The Labute approximate surface area is 127 Å². The quantitative estimate of drug-likeness (QED) is 0.916. The van der Waals surface area contributed by atoms with Crippen LogP contribution in [0.3, 0.4) is 0 Å². The van der Waals surface area contributed by atoms with Crippen molar-refractivity contribution < 1.29 is 8.42 Å². The highest BCUT2D eigenvalue weighted by Gasteiger charge is 2.29. The Morgan fingerprint density at radius 1 is 1.14 bits per heavy atom. The molecular formula is C15H23N3O2S. The lowest BCUT2D eigenvalue weighted by Crippen LogP contribution is -2.50. The van der Waals surface area contributed by atoms with Gasteiger partial charge in [-0.3, -0.25) is 4.90 Å². The molecule has 0 bridgehead atoms. The van der Waals surface area contributed by atoms with Gasteiger partial charge in [0.25, 0.3) is 0 Å². The second-order valence-corrected chi connectivity index (χ2v) is 7.97. The van der Waals surface area contributed by atoms with Gasteiger partial charge < -0.3 is 5.32 Å². The molecule has 1 aromatic rings. The average Bonchev–Trinajstić information content (AvgIpc) is 2.94. The van der Waals surface area contributed by atoms with Crippen LogP contribution < -0.4 is 5.32 Å². The summed E-state index contributed by atoms with van der Waals surface area (Å²) in [6.45, 7) is 7.97. The van der Waals surface area contributed by atoms with Crippen molar-refractivity contribution in [1.29, 1.82) is 0 Å². The predicted octanol–water partition coefficient (Wildman–Crippen LogP) is 1.37. The Balaban J connectivity index is 1.78. The molecule has 1 aromatic carbocycles. The highest BCUT2D eigenvalue weighted by Crippen LogP contribution is 2.27. The fourth-order valence-electron chi connectivity index (χ4n) is 3.05. The standard InChI is InChI=1S/C15H23N3O2S/c1-12(2)17-7-9-18(10-8-17)21(19,20)14-3-4-15-13(11-14)5-6-16-15/h3-4,11-12,16H,5-10H2,1-2H3. The summed E-state index contributed by atoms with van der Waals surface area (Å²) < 4.78 is 27.1. The number of anilines is 1. The maximum Gasteiger partial charge on any atom is 0.243 e. The summed E-state index contributed by atoms with van der Waals surface area (Å²) in [5, 5.41) is 3.26. The summed E-state index contributed by atoms with van der Waals surface area (Å²) in [4.78, 5) is 2.75. The molecule has 0 aliphatic carbocycles. The van der Waals surface area contributed by atoms with E-state index in [0.29, 0.717) is 24.0 Å². The van der Waals surface area contributed by atoms with E-state index in [1.165, 1.54) is 0 Å². The molecule has 5 nitrogen and oxygen atoms in total. The molecule has 3 rings (SSSR count). The lowest BCUT2D eigenvalue weighted by atomic mass is 10.2. The van der Waals surface area contributed by atoms with E-state index in [1.54, 1.807) is 10.4 Å². The van der Waals surface area contributed by atoms with Gasteiger partial charge in [0, 0.05) is 44.5 Å². The number of nitrogens with one attached hydrogen (secondary N) is 1. The van der Waals surface area contributed by atoms with Crippen LogP contribution in [0, 0.1) is 0 Å². The van der Waals surface area contributed by atoms with Crippen molar-refractivity contribution in [2.75, 3.05) is 38.0 Å². The van der Waals surface area contributed by atoms with Crippen molar-refractivity contribution in [3.8, 4) is 0 Å². The van der Waals surface area contributed by atoms with E-state index >= 15 is 0 Å². The maximum atomic E-state index is 12.8. The van der Waals surface area contributed by atoms with Gasteiger partial charge in [-0.05, 0) is 44.0 Å². The number of rotatable bonds is 3. The molecule has 116 valence electrons. The van der Waals surface area contributed by atoms with E-state index in [-0.39, 0.29) is 0 Å². The molecule has 0 amide bonds. The van der Waals surface area contributed by atoms with Gasteiger partial charge in [0.15, 0.2) is 0 Å². The summed E-state index contributed by atoms with van der Waals surface area (Å²) >= 11 is 0. The molecule has 1 N–H and O–H groups in total. The van der Waals surface area contributed by atoms with Gasteiger partial charge >= 0.3 is 0 Å². The largest absolute Gasteiger partial charge is 0.384 e. The minimum atomic E-state index is -3.35. The summed E-state index contributed by atoms with van der Waals surface area (Å²) in [5.74, 6) is 0. The molecule has 2 aliphatic rings. The van der Waals surface area contributed by atoms with Gasteiger partial charge in [0.05, 0.1) is 4.90 Å².